The van der Waals surface area contributed by atoms with Crippen LogP contribution in [0.1, 0.15) is 28.3 Å². The molecule has 2 aliphatic rings. The normalized spacial score (nSPS) is 12.1. The van der Waals surface area contributed by atoms with Gasteiger partial charge in [-0.15, -0.1) is 0 Å². The Hall–Kier alpha value is -4.69. The van der Waals surface area contributed by atoms with E-state index in [0.717, 1.165) is 56.0 Å². The summed E-state index contributed by atoms with van der Waals surface area (Å²) in [5.41, 5.74) is 10.0. The van der Waals surface area contributed by atoms with Gasteiger partial charge in [0, 0.05) is 27.6 Å². The van der Waals surface area contributed by atoms with Gasteiger partial charge in [-0.2, -0.15) is 5.26 Å². The zero-order valence-electron chi connectivity index (χ0n) is 17.0. The van der Waals surface area contributed by atoms with Crippen LogP contribution < -0.4 is 0 Å². The number of nitrogens with one attached hydrogen (secondary N) is 2. The molecule has 2 aliphatic heterocycles. The molecule has 0 atom stereocenters. The Bertz CT molecular complexity index is 1640. The number of nitrogens with zero attached hydrogens (tertiary/aromatic N) is 3. The van der Waals surface area contributed by atoms with Crippen molar-refractivity contribution in [2.45, 2.75) is 0 Å². The number of rotatable bonds is 1. The topological polar surface area (TPSA) is 81.2 Å². The highest BCUT2D eigenvalue weighted by Gasteiger charge is 2.07. The second-order valence-corrected chi connectivity index (χ2v) is 7.78. The van der Waals surface area contributed by atoms with Crippen LogP contribution in [-0.4, -0.2) is 19.9 Å². The Morgan fingerprint density at radius 2 is 1.31 bits per heavy atom. The number of benzene rings is 1. The zero-order valence-corrected chi connectivity index (χ0v) is 17.0. The van der Waals surface area contributed by atoms with Gasteiger partial charge in [0.2, 0.25) is 0 Å². The van der Waals surface area contributed by atoms with Gasteiger partial charge in [-0.1, -0.05) is 12.1 Å². The Labute approximate surface area is 184 Å². The summed E-state index contributed by atoms with van der Waals surface area (Å²) in [4.78, 5) is 16.3. The first-order valence-electron chi connectivity index (χ1n) is 10.3. The number of nitriles is 1. The summed E-state index contributed by atoms with van der Waals surface area (Å²) in [6, 6.07) is 24.2. The first kappa shape index (κ1) is 18.1. The molecule has 0 saturated heterocycles. The van der Waals surface area contributed by atoms with Gasteiger partial charge in [0.1, 0.15) is 0 Å². The van der Waals surface area contributed by atoms with E-state index >= 15 is 0 Å². The van der Waals surface area contributed by atoms with E-state index in [9.17, 15) is 5.26 Å². The monoisotopic (exact) mass is 411 g/mol. The van der Waals surface area contributed by atoms with Crippen molar-refractivity contribution in [3.63, 3.8) is 0 Å². The summed E-state index contributed by atoms with van der Waals surface area (Å²) in [5, 5.41) is 9.33. The van der Waals surface area contributed by atoms with E-state index in [4.69, 9.17) is 4.98 Å². The molecule has 5 heterocycles. The summed E-state index contributed by atoms with van der Waals surface area (Å²) in [6.45, 7) is 0. The van der Waals surface area contributed by atoms with Crippen molar-refractivity contribution in [2.75, 3.05) is 0 Å². The molecule has 0 amide bonds. The lowest BCUT2D eigenvalue weighted by Gasteiger charge is -1.99. The fourth-order valence-corrected chi connectivity index (χ4v) is 4.01. The van der Waals surface area contributed by atoms with Gasteiger partial charge in [-0.3, -0.25) is 0 Å². The van der Waals surface area contributed by atoms with Crippen LogP contribution in [0.2, 0.25) is 0 Å². The molecule has 6 rings (SSSR count). The lowest BCUT2D eigenvalue weighted by atomic mass is 10.0. The van der Waals surface area contributed by atoms with Crippen LogP contribution in [0.25, 0.3) is 57.5 Å². The third-order valence-electron chi connectivity index (χ3n) is 5.47. The van der Waals surface area contributed by atoms with Crippen molar-refractivity contribution in [1.82, 2.24) is 19.9 Å². The second-order valence-electron chi connectivity index (χ2n) is 7.78. The van der Waals surface area contributed by atoms with Gasteiger partial charge >= 0.3 is 0 Å². The molecule has 8 bridgehead atoms. The quantitative estimate of drug-likeness (QED) is 0.338. The van der Waals surface area contributed by atoms with Crippen LogP contribution in [0.15, 0.2) is 66.7 Å². The largest absolute Gasteiger partial charge is 0.355 e. The number of aromatic amines is 2. The molecular formula is C27H17N5. The van der Waals surface area contributed by atoms with E-state index in [0.29, 0.717) is 5.56 Å². The van der Waals surface area contributed by atoms with Crippen LogP contribution in [0.4, 0.5) is 0 Å². The van der Waals surface area contributed by atoms with Gasteiger partial charge in [0.05, 0.1) is 34.4 Å². The first-order chi connectivity index (χ1) is 15.7. The van der Waals surface area contributed by atoms with Crippen molar-refractivity contribution in [1.29, 1.82) is 5.26 Å². The highest BCUT2D eigenvalue weighted by molar-refractivity contribution is 5.88. The molecule has 2 N–H and O–H groups in total. The molecule has 0 aliphatic carbocycles. The van der Waals surface area contributed by atoms with Crippen molar-refractivity contribution >= 4 is 46.4 Å². The molecule has 150 valence electrons. The van der Waals surface area contributed by atoms with Crippen molar-refractivity contribution in [3.05, 3.63) is 95.1 Å². The number of hydrogen-bond acceptors (Lipinski definition) is 3. The Kier molecular flexibility index (Phi) is 4.09. The Morgan fingerprint density at radius 1 is 0.625 bits per heavy atom. The van der Waals surface area contributed by atoms with Gasteiger partial charge in [-0.05, 0) is 84.5 Å². The summed E-state index contributed by atoms with van der Waals surface area (Å²) in [7, 11) is 0. The molecule has 0 spiro atoms. The molecule has 0 unspecified atom stereocenters. The molecule has 0 fully saturated rings. The highest BCUT2D eigenvalue weighted by Crippen LogP contribution is 2.28. The summed E-state index contributed by atoms with van der Waals surface area (Å²) in [6.07, 6.45) is 7.99. The van der Waals surface area contributed by atoms with E-state index in [1.165, 1.54) is 0 Å². The van der Waals surface area contributed by atoms with Crippen LogP contribution in [0.3, 0.4) is 0 Å². The molecule has 3 aromatic heterocycles. The van der Waals surface area contributed by atoms with Crippen LogP contribution in [0, 0.1) is 11.3 Å². The van der Waals surface area contributed by atoms with Crippen LogP contribution in [0.5, 0.6) is 0 Å². The van der Waals surface area contributed by atoms with E-state index in [1.54, 1.807) is 0 Å². The maximum atomic E-state index is 9.33. The third-order valence-corrected chi connectivity index (χ3v) is 5.47. The molecule has 1 aromatic carbocycles. The molecule has 5 nitrogen and oxygen atoms in total. The number of aromatic nitrogens is 4. The lowest BCUT2D eigenvalue weighted by molar-refractivity contribution is 1.28. The van der Waals surface area contributed by atoms with Crippen LogP contribution >= 0.6 is 0 Å². The minimum atomic E-state index is 0.632. The highest BCUT2D eigenvalue weighted by atomic mass is 14.8. The average molecular weight is 411 g/mol. The summed E-state index contributed by atoms with van der Waals surface area (Å²) >= 11 is 0. The van der Waals surface area contributed by atoms with Gasteiger partial charge in [0.25, 0.3) is 0 Å². The van der Waals surface area contributed by atoms with E-state index < -0.39 is 0 Å². The van der Waals surface area contributed by atoms with Gasteiger partial charge < -0.3 is 9.97 Å². The molecule has 0 saturated carbocycles. The minimum Gasteiger partial charge on any atom is -0.355 e. The van der Waals surface area contributed by atoms with Gasteiger partial charge in [0.15, 0.2) is 0 Å². The number of fused-ring (bicyclic) bond motifs is 8. The first-order valence-corrected chi connectivity index (χ1v) is 10.3. The molecule has 32 heavy (non-hydrogen) atoms. The Balaban J connectivity index is 1.67. The van der Waals surface area contributed by atoms with Crippen LogP contribution in [-0.2, 0) is 0 Å². The maximum absolute atomic E-state index is 9.33. The molecule has 4 aromatic rings. The van der Waals surface area contributed by atoms with E-state index in [1.807, 2.05) is 78.9 Å². The summed E-state index contributed by atoms with van der Waals surface area (Å²) < 4.78 is 0. The Morgan fingerprint density at radius 3 is 2.06 bits per heavy atom. The number of H-pyrrole nitrogens is 2. The summed E-state index contributed by atoms with van der Waals surface area (Å²) in [5.74, 6) is 0. The smallest absolute Gasteiger partial charge is 0.0991 e. The second kappa shape index (κ2) is 7.22. The van der Waals surface area contributed by atoms with E-state index in [-0.39, 0.29) is 0 Å². The van der Waals surface area contributed by atoms with Crippen molar-refractivity contribution in [2.24, 2.45) is 0 Å². The fourth-order valence-electron chi connectivity index (χ4n) is 4.01. The maximum Gasteiger partial charge on any atom is 0.0991 e. The predicted octanol–water partition coefficient (Wildman–Crippen LogP) is 6.19. The molecule has 5 heteroatoms. The SMILES string of the molecule is N#Cc1cccc(-c2cc3cc4ccc(cc5nc(cc6nc(cc2[nH]3)C=C6)C=C5)[nH]4)c1. The number of hydrogen-bond donors (Lipinski definition) is 2. The molecular weight excluding hydrogens is 394 g/mol. The zero-order chi connectivity index (χ0) is 21.5. The predicted molar refractivity (Wildman–Crippen MR) is 129 cm³/mol. The van der Waals surface area contributed by atoms with Crippen molar-refractivity contribution < 1.29 is 0 Å². The standard InChI is InChI=1S/C27H17N5/c28-16-17-2-1-3-18(10-17)26-14-25-13-23-7-6-21(30-23)11-19-4-5-20(29-19)12-22-8-9-24(31-22)15-27(26)32-25/h1-15,30,32H. The third kappa shape index (κ3) is 3.40. The lowest BCUT2D eigenvalue weighted by Crippen LogP contribution is -1.80. The average Bonchev–Trinajstić information content (AvgIpc) is 3.59. The van der Waals surface area contributed by atoms with Gasteiger partial charge in [-0.25, -0.2) is 9.97 Å². The fraction of sp³-hybridized carbons (Fsp3) is 0. The molecule has 0 radical (unpaired) electrons. The van der Waals surface area contributed by atoms with Crippen molar-refractivity contribution in [3.8, 4) is 17.2 Å². The van der Waals surface area contributed by atoms with E-state index in [2.05, 4.69) is 33.2 Å². The minimum absolute atomic E-state index is 0.632.